The van der Waals surface area contributed by atoms with Crippen LogP contribution in [0.3, 0.4) is 0 Å². The lowest BCUT2D eigenvalue weighted by Gasteiger charge is -2.23. The fourth-order valence-corrected chi connectivity index (χ4v) is 9.60. The molecule has 3 amide bonds. The van der Waals surface area contributed by atoms with Crippen molar-refractivity contribution in [3.8, 4) is 21.6 Å². The van der Waals surface area contributed by atoms with Gasteiger partial charge in [-0.3, -0.25) is 18.7 Å². The zero-order chi connectivity index (χ0) is 38.6. The van der Waals surface area contributed by atoms with Gasteiger partial charge in [0.05, 0.1) is 41.4 Å². The molecule has 3 aromatic carbocycles. The summed E-state index contributed by atoms with van der Waals surface area (Å²) in [5.74, 6) is -0.852. The largest absolute Gasteiger partial charge is 0.481 e. The maximum Gasteiger partial charge on any atom is 0.481 e. The smallest absolute Gasteiger partial charge is 0.465 e. The molecule has 5 unspecified atom stereocenters. The number of aryl methyl sites for hydroxylation is 1. The average Bonchev–Trinajstić information content (AvgIpc) is 3.84. The van der Waals surface area contributed by atoms with Crippen LogP contribution in [0.5, 0.6) is 0 Å². The highest BCUT2D eigenvalue weighted by molar-refractivity contribution is 7.61. The Labute approximate surface area is 314 Å². The SMILES string of the molecule is Cc1ncsc1-c1ccc(C(C)NC(=O)C2CC(OP(=O)(O)OP(=O)(O)OCCNC(=O)OCC3c4ccccc4-c4ccccc43)CN2C(=O)O)cc1. The summed E-state index contributed by atoms with van der Waals surface area (Å²) in [5, 5.41) is 14.9. The van der Waals surface area contributed by atoms with E-state index in [0.717, 1.165) is 48.9 Å². The van der Waals surface area contributed by atoms with Gasteiger partial charge in [-0.15, -0.1) is 11.3 Å². The molecule has 1 saturated heterocycles. The van der Waals surface area contributed by atoms with Crippen molar-refractivity contribution in [1.82, 2.24) is 20.5 Å². The molecule has 0 saturated carbocycles. The van der Waals surface area contributed by atoms with Crippen molar-refractivity contribution in [1.29, 1.82) is 0 Å². The van der Waals surface area contributed by atoms with E-state index in [9.17, 15) is 38.4 Å². The number of thiazole rings is 1. The standard InChI is InChI=1S/C35H38N4O12P2S/c1-21(23-11-13-24(14-12-23)32-22(2)37-20-54-32)38-33(40)31-17-25(18-39(31)35(42)43)50-53(46,47)51-52(44,45)49-16-15-36-34(41)48-19-30-28-9-5-3-7-26(28)27-8-4-6-10-29(27)30/h3-14,20-21,25,30-31H,15-19H2,1-2H3,(H,36,41)(H,38,40)(H,42,43)(H,44,45)(H,46,47). The number of phosphoric acid groups is 2. The second-order valence-corrected chi connectivity index (χ2v) is 16.5. The van der Waals surface area contributed by atoms with Crippen LogP contribution in [0.2, 0.25) is 0 Å². The molecule has 286 valence electrons. The predicted molar refractivity (Wildman–Crippen MR) is 197 cm³/mol. The number of ether oxygens (including phenoxy) is 1. The summed E-state index contributed by atoms with van der Waals surface area (Å²) in [5.41, 5.74) is 8.52. The number of phosphoric ester groups is 2. The quantitative estimate of drug-likeness (QED) is 0.0708. The summed E-state index contributed by atoms with van der Waals surface area (Å²) in [4.78, 5) is 63.9. The van der Waals surface area contributed by atoms with Crippen molar-refractivity contribution in [2.24, 2.45) is 0 Å². The van der Waals surface area contributed by atoms with Gasteiger partial charge in [0.25, 0.3) is 0 Å². The monoisotopic (exact) mass is 800 g/mol. The highest BCUT2D eigenvalue weighted by Crippen LogP contribution is 2.61. The summed E-state index contributed by atoms with van der Waals surface area (Å²) in [6.45, 7) is 2.24. The number of hydrogen-bond acceptors (Lipinski definition) is 11. The normalized spacial score (nSPS) is 19.2. The lowest BCUT2D eigenvalue weighted by atomic mass is 9.98. The molecule has 2 heterocycles. The molecule has 1 aromatic heterocycles. The van der Waals surface area contributed by atoms with Crippen LogP contribution in [-0.2, 0) is 32.0 Å². The summed E-state index contributed by atoms with van der Waals surface area (Å²) >= 11 is 1.51. The fourth-order valence-electron chi connectivity index (χ4n) is 6.55. The van der Waals surface area contributed by atoms with Crippen LogP contribution in [0.15, 0.2) is 78.3 Å². The number of alkyl carbamates (subject to hydrolysis) is 1. The fraction of sp³-hybridized carbons (Fsp3) is 0.314. The van der Waals surface area contributed by atoms with E-state index in [1.165, 1.54) is 11.3 Å². The number of benzene rings is 3. The van der Waals surface area contributed by atoms with Gasteiger partial charge in [0.2, 0.25) is 5.91 Å². The Kier molecular flexibility index (Phi) is 12.0. The Morgan fingerprint density at radius 3 is 2.24 bits per heavy atom. The van der Waals surface area contributed by atoms with Gasteiger partial charge < -0.3 is 30.3 Å². The Bertz CT molecular complexity index is 2070. The number of carboxylic acid groups (broad SMARTS) is 1. The number of fused-ring (bicyclic) bond motifs is 3. The molecule has 16 nitrogen and oxygen atoms in total. The van der Waals surface area contributed by atoms with Crippen molar-refractivity contribution < 1.29 is 56.5 Å². The number of hydrogen-bond donors (Lipinski definition) is 5. The molecule has 1 aliphatic heterocycles. The number of aromatic nitrogens is 1. The molecule has 4 aromatic rings. The summed E-state index contributed by atoms with van der Waals surface area (Å²) in [6, 6.07) is 21.3. The molecule has 5 atom stereocenters. The number of rotatable bonds is 14. The van der Waals surface area contributed by atoms with Crippen LogP contribution in [0.25, 0.3) is 21.6 Å². The maximum absolute atomic E-state index is 13.2. The van der Waals surface area contributed by atoms with Gasteiger partial charge in [0.1, 0.15) is 12.6 Å². The number of carbonyl (C=O) groups is 3. The maximum atomic E-state index is 13.2. The highest BCUT2D eigenvalue weighted by Gasteiger charge is 2.45. The van der Waals surface area contributed by atoms with Gasteiger partial charge in [-0.25, -0.2) is 23.7 Å². The van der Waals surface area contributed by atoms with E-state index in [2.05, 4.69) is 19.9 Å². The second kappa shape index (κ2) is 16.5. The second-order valence-electron chi connectivity index (χ2n) is 12.6. The summed E-state index contributed by atoms with van der Waals surface area (Å²) < 4.78 is 44.7. The third kappa shape index (κ3) is 9.25. The van der Waals surface area contributed by atoms with E-state index < -0.39 is 65.1 Å². The van der Waals surface area contributed by atoms with Gasteiger partial charge >= 0.3 is 27.8 Å². The lowest BCUT2D eigenvalue weighted by molar-refractivity contribution is -0.125. The molecule has 0 bridgehead atoms. The number of likely N-dealkylation sites (tertiary alicyclic amines) is 1. The van der Waals surface area contributed by atoms with Crippen molar-refractivity contribution in [2.75, 3.05) is 26.3 Å². The first-order chi connectivity index (χ1) is 25.7. The molecule has 19 heteroatoms. The molecule has 1 fully saturated rings. The minimum absolute atomic E-state index is 0.0392. The van der Waals surface area contributed by atoms with Crippen LogP contribution in [-0.4, -0.2) is 81.3 Å². The first kappa shape index (κ1) is 39.3. The number of carbonyl (C=O) groups excluding carboxylic acids is 2. The first-order valence-corrected chi connectivity index (χ1v) is 20.7. The highest BCUT2D eigenvalue weighted by atomic mass is 32.1. The van der Waals surface area contributed by atoms with Gasteiger partial charge in [-0.1, -0.05) is 72.8 Å². The molecular formula is C35H38N4O12P2S. The van der Waals surface area contributed by atoms with E-state index in [0.29, 0.717) is 0 Å². The van der Waals surface area contributed by atoms with Gasteiger partial charge in [0.15, 0.2) is 0 Å². The number of nitrogens with one attached hydrogen (secondary N) is 2. The van der Waals surface area contributed by atoms with Crippen molar-refractivity contribution in [3.63, 3.8) is 0 Å². The predicted octanol–water partition coefficient (Wildman–Crippen LogP) is 6.21. The van der Waals surface area contributed by atoms with Crippen LogP contribution in [0, 0.1) is 6.92 Å². The topological polar surface area (TPSA) is 223 Å². The Balaban J connectivity index is 0.947. The minimum Gasteiger partial charge on any atom is -0.465 e. The van der Waals surface area contributed by atoms with Crippen LogP contribution >= 0.6 is 27.0 Å². The summed E-state index contributed by atoms with van der Waals surface area (Å²) in [6.07, 6.45) is -3.99. The Morgan fingerprint density at radius 1 is 0.981 bits per heavy atom. The third-order valence-corrected chi connectivity index (χ3v) is 12.7. The zero-order valence-electron chi connectivity index (χ0n) is 29.1. The number of nitrogens with zero attached hydrogens (tertiary/aromatic N) is 2. The molecule has 1 aliphatic carbocycles. The van der Waals surface area contributed by atoms with Crippen molar-refractivity contribution in [2.45, 2.75) is 44.4 Å². The summed E-state index contributed by atoms with van der Waals surface area (Å²) in [7, 11) is -10.6. The molecule has 0 spiro atoms. The van der Waals surface area contributed by atoms with E-state index in [-0.39, 0.29) is 25.5 Å². The third-order valence-electron chi connectivity index (χ3n) is 9.05. The average molecular weight is 801 g/mol. The molecule has 54 heavy (non-hydrogen) atoms. The van der Waals surface area contributed by atoms with E-state index in [1.54, 1.807) is 12.4 Å². The lowest BCUT2D eigenvalue weighted by Crippen LogP contribution is -2.46. The minimum atomic E-state index is -5.33. The van der Waals surface area contributed by atoms with Crippen LogP contribution < -0.4 is 10.6 Å². The van der Waals surface area contributed by atoms with E-state index in [4.69, 9.17) is 13.8 Å². The van der Waals surface area contributed by atoms with Crippen LogP contribution in [0.4, 0.5) is 9.59 Å². The number of amides is 3. The Hall–Kier alpha value is -4.44. The van der Waals surface area contributed by atoms with Gasteiger partial charge in [-0.05, 0) is 47.2 Å². The van der Waals surface area contributed by atoms with E-state index in [1.807, 2.05) is 79.7 Å². The van der Waals surface area contributed by atoms with E-state index >= 15 is 0 Å². The van der Waals surface area contributed by atoms with Gasteiger partial charge in [-0.2, -0.15) is 4.31 Å². The van der Waals surface area contributed by atoms with Crippen molar-refractivity contribution in [3.05, 3.63) is 101 Å². The molecule has 0 radical (unpaired) electrons. The molecule has 5 N–H and O–H groups in total. The molecular weight excluding hydrogens is 762 g/mol. The Morgan fingerprint density at radius 2 is 1.63 bits per heavy atom. The zero-order valence-corrected chi connectivity index (χ0v) is 31.7. The molecule has 6 rings (SSSR count). The van der Waals surface area contributed by atoms with Crippen molar-refractivity contribution >= 4 is 45.1 Å². The first-order valence-electron chi connectivity index (χ1n) is 16.8. The molecule has 2 aliphatic rings. The van der Waals surface area contributed by atoms with Crippen LogP contribution in [0.1, 0.15) is 47.7 Å². The van der Waals surface area contributed by atoms with Gasteiger partial charge in [0, 0.05) is 18.9 Å².